The number of aromatic nitrogens is 1. The van der Waals surface area contributed by atoms with E-state index in [1.807, 2.05) is 6.92 Å². The number of hydrogen-bond donors (Lipinski definition) is 1. The Morgan fingerprint density at radius 3 is 2.84 bits per heavy atom. The van der Waals surface area contributed by atoms with Gasteiger partial charge >= 0.3 is 0 Å². The predicted molar refractivity (Wildman–Crippen MR) is 70.1 cm³/mol. The number of nitrogens with zero attached hydrogens (tertiary/aromatic N) is 1. The average molecular weight is 260 g/mol. The number of nitrogens with one attached hydrogen (secondary N) is 1. The second kappa shape index (κ2) is 5.56. The smallest absolute Gasteiger partial charge is 0.251 e. The van der Waals surface area contributed by atoms with E-state index in [1.54, 1.807) is 38.3 Å². The SMILES string of the molecule is COc1cccc(C(=O)NCc2oc(C)nc2C)c1. The van der Waals surface area contributed by atoms with Gasteiger partial charge in [-0.1, -0.05) is 6.07 Å². The molecule has 2 aromatic rings. The molecule has 0 aliphatic rings. The van der Waals surface area contributed by atoms with Crippen molar-refractivity contribution in [2.75, 3.05) is 7.11 Å². The molecule has 0 saturated heterocycles. The van der Waals surface area contributed by atoms with Crippen LogP contribution in [0, 0.1) is 13.8 Å². The van der Waals surface area contributed by atoms with Crippen molar-refractivity contribution >= 4 is 5.91 Å². The molecule has 0 bridgehead atoms. The van der Waals surface area contributed by atoms with Crippen molar-refractivity contribution < 1.29 is 13.9 Å². The maximum absolute atomic E-state index is 12.0. The largest absolute Gasteiger partial charge is 0.497 e. The Balaban J connectivity index is 2.03. The lowest BCUT2D eigenvalue weighted by atomic mass is 10.2. The van der Waals surface area contributed by atoms with Gasteiger partial charge in [0, 0.05) is 12.5 Å². The number of oxazole rings is 1. The van der Waals surface area contributed by atoms with Gasteiger partial charge in [-0.15, -0.1) is 0 Å². The summed E-state index contributed by atoms with van der Waals surface area (Å²) in [5.41, 5.74) is 1.34. The van der Waals surface area contributed by atoms with Crippen molar-refractivity contribution in [3.8, 4) is 5.75 Å². The first-order chi connectivity index (χ1) is 9.10. The van der Waals surface area contributed by atoms with Crippen LogP contribution in [0.5, 0.6) is 5.75 Å². The molecular formula is C14H16N2O3. The molecule has 5 nitrogen and oxygen atoms in total. The summed E-state index contributed by atoms with van der Waals surface area (Å²) in [7, 11) is 1.57. The van der Waals surface area contributed by atoms with Crippen molar-refractivity contribution in [1.82, 2.24) is 10.3 Å². The summed E-state index contributed by atoms with van der Waals surface area (Å²) in [6.45, 7) is 3.95. The minimum Gasteiger partial charge on any atom is -0.497 e. The van der Waals surface area contributed by atoms with Crippen LogP contribution in [-0.2, 0) is 6.54 Å². The summed E-state index contributed by atoms with van der Waals surface area (Å²) in [5, 5.41) is 2.79. The molecule has 5 heteroatoms. The van der Waals surface area contributed by atoms with E-state index in [0.717, 1.165) is 5.69 Å². The van der Waals surface area contributed by atoms with Crippen LogP contribution < -0.4 is 10.1 Å². The fraction of sp³-hybridized carbons (Fsp3) is 0.286. The summed E-state index contributed by atoms with van der Waals surface area (Å²) in [6.07, 6.45) is 0. The lowest BCUT2D eigenvalue weighted by molar-refractivity contribution is 0.0947. The third kappa shape index (κ3) is 3.13. The van der Waals surface area contributed by atoms with Gasteiger partial charge in [-0.05, 0) is 25.1 Å². The topological polar surface area (TPSA) is 64.4 Å². The minimum absolute atomic E-state index is 0.174. The van der Waals surface area contributed by atoms with Crippen LogP contribution in [0.2, 0.25) is 0 Å². The molecule has 0 unspecified atom stereocenters. The van der Waals surface area contributed by atoms with Crippen LogP contribution in [0.15, 0.2) is 28.7 Å². The number of benzene rings is 1. The summed E-state index contributed by atoms with van der Waals surface area (Å²) in [6, 6.07) is 6.99. The Morgan fingerprint density at radius 2 is 2.21 bits per heavy atom. The minimum atomic E-state index is -0.174. The highest BCUT2D eigenvalue weighted by molar-refractivity contribution is 5.94. The normalized spacial score (nSPS) is 10.3. The van der Waals surface area contributed by atoms with Gasteiger partial charge in [-0.2, -0.15) is 0 Å². The van der Waals surface area contributed by atoms with E-state index >= 15 is 0 Å². The zero-order chi connectivity index (χ0) is 13.8. The van der Waals surface area contributed by atoms with Crippen LogP contribution in [0.4, 0.5) is 0 Å². The van der Waals surface area contributed by atoms with Crippen LogP contribution in [-0.4, -0.2) is 18.0 Å². The number of ether oxygens (including phenoxy) is 1. The van der Waals surface area contributed by atoms with Crippen molar-refractivity contribution in [3.05, 3.63) is 47.2 Å². The first-order valence-corrected chi connectivity index (χ1v) is 5.95. The van der Waals surface area contributed by atoms with Crippen LogP contribution in [0.1, 0.15) is 27.7 Å². The van der Waals surface area contributed by atoms with Gasteiger partial charge in [-0.25, -0.2) is 4.98 Å². The number of carbonyl (C=O) groups excluding carboxylic acids is 1. The molecule has 19 heavy (non-hydrogen) atoms. The quantitative estimate of drug-likeness (QED) is 0.915. The lowest BCUT2D eigenvalue weighted by Gasteiger charge is -2.05. The highest BCUT2D eigenvalue weighted by Gasteiger charge is 2.10. The Morgan fingerprint density at radius 1 is 1.42 bits per heavy atom. The van der Waals surface area contributed by atoms with Gasteiger partial charge < -0.3 is 14.5 Å². The monoisotopic (exact) mass is 260 g/mol. The molecule has 0 spiro atoms. The average Bonchev–Trinajstić information content (AvgIpc) is 2.74. The second-order valence-corrected chi connectivity index (χ2v) is 4.16. The molecule has 1 heterocycles. The molecule has 1 amide bonds. The first kappa shape index (κ1) is 13.1. The Labute approximate surface area is 111 Å². The van der Waals surface area contributed by atoms with Crippen molar-refractivity contribution in [2.45, 2.75) is 20.4 Å². The van der Waals surface area contributed by atoms with Crippen molar-refractivity contribution in [2.24, 2.45) is 0 Å². The van der Waals surface area contributed by atoms with E-state index in [1.165, 1.54) is 0 Å². The molecule has 100 valence electrons. The number of amides is 1. The molecule has 0 aliphatic carbocycles. The van der Waals surface area contributed by atoms with Gasteiger partial charge in [0.1, 0.15) is 11.5 Å². The Bertz CT molecular complexity index is 590. The second-order valence-electron chi connectivity index (χ2n) is 4.16. The third-order valence-corrected chi connectivity index (χ3v) is 2.74. The molecule has 0 aliphatic heterocycles. The molecule has 0 fully saturated rings. The van der Waals surface area contributed by atoms with Gasteiger partial charge in [0.2, 0.25) is 0 Å². The standard InChI is InChI=1S/C14H16N2O3/c1-9-13(19-10(2)16-9)8-15-14(17)11-5-4-6-12(7-11)18-3/h4-7H,8H2,1-3H3,(H,15,17). The Kier molecular flexibility index (Phi) is 3.85. The van der Waals surface area contributed by atoms with E-state index in [4.69, 9.17) is 9.15 Å². The number of methoxy groups -OCH3 is 1. The maximum atomic E-state index is 12.0. The zero-order valence-corrected chi connectivity index (χ0v) is 11.2. The van der Waals surface area contributed by atoms with E-state index in [0.29, 0.717) is 29.5 Å². The van der Waals surface area contributed by atoms with Crippen LogP contribution in [0.25, 0.3) is 0 Å². The molecule has 1 N–H and O–H groups in total. The van der Waals surface area contributed by atoms with Gasteiger partial charge in [0.05, 0.1) is 19.3 Å². The molecule has 0 atom stereocenters. The van der Waals surface area contributed by atoms with E-state index in [-0.39, 0.29) is 5.91 Å². The predicted octanol–water partition coefficient (Wildman–Crippen LogP) is 2.23. The fourth-order valence-corrected chi connectivity index (χ4v) is 1.76. The maximum Gasteiger partial charge on any atom is 0.251 e. The number of aryl methyl sites for hydroxylation is 2. The number of hydrogen-bond acceptors (Lipinski definition) is 4. The van der Waals surface area contributed by atoms with Crippen molar-refractivity contribution in [3.63, 3.8) is 0 Å². The van der Waals surface area contributed by atoms with E-state index in [2.05, 4.69) is 10.3 Å². The van der Waals surface area contributed by atoms with Crippen LogP contribution in [0.3, 0.4) is 0 Å². The zero-order valence-electron chi connectivity index (χ0n) is 11.2. The summed E-state index contributed by atoms with van der Waals surface area (Å²) in [5.74, 6) is 1.75. The van der Waals surface area contributed by atoms with Gasteiger partial charge in [0.15, 0.2) is 5.89 Å². The van der Waals surface area contributed by atoms with Gasteiger partial charge in [0.25, 0.3) is 5.91 Å². The molecule has 0 radical (unpaired) electrons. The van der Waals surface area contributed by atoms with E-state index in [9.17, 15) is 4.79 Å². The fourth-order valence-electron chi connectivity index (χ4n) is 1.76. The van der Waals surface area contributed by atoms with E-state index < -0.39 is 0 Å². The molecule has 1 aromatic carbocycles. The van der Waals surface area contributed by atoms with Crippen molar-refractivity contribution in [1.29, 1.82) is 0 Å². The van der Waals surface area contributed by atoms with Crippen LogP contribution >= 0.6 is 0 Å². The summed E-state index contributed by atoms with van der Waals surface area (Å²) in [4.78, 5) is 16.1. The Hall–Kier alpha value is -2.30. The lowest BCUT2D eigenvalue weighted by Crippen LogP contribution is -2.22. The molecule has 2 rings (SSSR count). The molecule has 1 aromatic heterocycles. The highest BCUT2D eigenvalue weighted by atomic mass is 16.5. The highest BCUT2D eigenvalue weighted by Crippen LogP contribution is 2.13. The van der Waals surface area contributed by atoms with Gasteiger partial charge in [-0.3, -0.25) is 4.79 Å². The summed E-state index contributed by atoms with van der Waals surface area (Å²) >= 11 is 0. The number of rotatable bonds is 4. The third-order valence-electron chi connectivity index (χ3n) is 2.74. The summed E-state index contributed by atoms with van der Waals surface area (Å²) < 4.78 is 10.5. The molecule has 0 saturated carbocycles. The molecular weight excluding hydrogens is 244 g/mol. The first-order valence-electron chi connectivity index (χ1n) is 5.95. The number of carbonyl (C=O) groups is 1.